The smallest absolute Gasteiger partial charge is 0.106 e. The Bertz CT molecular complexity index is 526. The van der Waals surface area contributed by atoms with Crippen molar-refractivity contribution < 1.29 is 5.11 Å². The quantitative estimate of drug-likeness (QED) is 0.883. The van der Waals surface area contributed by atoms with Crippen molar-refractivity contribution in [3.63, 3.8) is 0 Å². The van der Waals surface area contributed by atoms with E-state index in [1.807, 2.05) is 52.0 Å². The second-order valence-electron chi connectivity index (χ2n) is 5.25. The zero-order valence-corrected chi connectivity index (χ0v) is 10.9. The van der Waals surface area contributed by atoms with Crippen LogP contribution in [0.4, 0.5) is 0 Å². The highest BCUT2D eigenvalue weighted by molar-refractivity contribution is 5.75. The topological polar surface area (TPSA) is 38.0 Å². The Labute approximate surface area is 102 Å². The first-order valence-electron chi connectivity index (χ1n) is 6.06. The second-order valence-corrected chi connectivity index (χ2v) is 5.25. The van der Waals surface area contributed by atoms with Crippen LogP contribution in [0.3, 0.4) is 0 Å². The molecule has 0 aliphatic rings. The highest BCUT2D eigenvalue weighted by Crippen LogP contribution is 2.23. The minimum atomic E-state index is -0.714. The molecule has 0 aliphatic heterocycles. The number of aliphatic hydroxyl groups is 1. The number of para-hydroxylation sites is 2. The normalized spacial score (nSPS) is 15.4. The van der Waals surface area contributed by atoms with Gasteiger partial charge in [-0.3, -0.25) is 0 Å². The first-order chi connectivity index (χ1) is 7.92. The second kappa shape index (κ2) is 4.15. The maximum absolute atomic E-state index is 10.4. The van der Waals surface area contributed by atoms with E-state index in [0.717, 1.165) is 16.9 Å². The fourth-order valence-corrected chi connectivity index (χ4v) is 1.90. The molecule has 3 heteroatoms. The van der Waals surface area contributed by atoms with Gasteiger partial charge in [0.25, 0.3) is 0 Å². The van der Waals surface area contributed by atoms with E-state index in [-0.39, 0.29) is 5.92 Å². The Morgan fingerprint density at radius 2 is 2.00 bits per heavy atom. The fourth-order valence-electron chi connectivity index (χ4n) is 1.90. The molecule has 0 amide bonds. The fraction of sp³-hybridized carbons (Fsp3) is 0.500. The highest BCUT2D eigenvalue weighted by Gasteiger charge is 2.26. The van der Waals surface area contributed by atoms with Gasteiger partial charge in [0.15, 0.2) is 0 Å². The van der Waals surface area contributed by atoms with E-state index in [4.69, 9.17) is 0 Å². The maximum atomic E-state index is 10.4. The molecule has 1 heterocycles. The van der Waals surface area contributed by atoms with E-state index >= 15 is 0 Å². The van der Waals surface area contributed by atoms with Crippen molar-refractivity contribution in [1.82, 2.24) is 9.55 Å². The van der Waals surface area contributed by atoms with Crippen LogP contribution in [0.1, 0.15) is 26.6 Å². The summed E-state index contributed by atoms with van der Waals surface area (Å²) in [5.74, 6) is 1.16. The van der Waals surface area contributed by atoms with Gasteiger partial charge in [-0.2, -0.15) is 0 Å². The monoisotopic (exact) mass is 232 g/mol. The van der Waals surface area contributed by atoms with Crippen LogP contribution < -0.4 is 0 Å². The Balaban J connectivity index is 2.45. The van der Waals surface area contributed by atoms with Crippen LogP contribution in [0, 0.1) is 12.8 Å². The van der Waals surface area contributed by atoms with E-state index < -0.39 is 5.60 Å². The van der Waals surface area contributed by atoms with Crippen molar-refractivity contribution in [2.75, 3.05) is 0 Å². The average molecular weight is 232 g/mol. The highest BCUT2D eigenvalue weighted by atomic mass is 16.3. The zero-order valence-electron chi connectivity index (χ0n) is 10.9. The van der Waals surface area contributed by atoms with E-state index in [2.05, 4.69) is 9.55 Å². The zero-order chi connectivity index (χ0) is 12.6. The van der Waals surface area contributed by atoms with Gasteiger partial charge < -0.3 is 9.67 Å². The summed E-state index contributed by atoms with van der Waals surface area (Å²) in [5, 5.41) is 10.4. The van der Waals surface area contributed by atoms with Gasteiger partial charge in [0.05, 0.1) is 23.2 Å². The molecule has 1 unspecified atom stereocenters. The van der Waals surface area contributed by atoms with Crippen molar-refractivity contribution in [3.8, 4) is 0 Å². The van der Waals surface area contributed by atoms with E-state index in [0.29, 0.717) is 6.54 Å². The summed E-state index contributed by atoms with van der Waals surface area (Å²) in [6, 6.07) is 8.04. The van der Waals surface area contributed by atoms with E-state index in [9.17, 15) is 5.11 Å². The Morgan fingerprint density at radius 1 is 1.35 bits per heavy atom. The van der Waals surface area contributed by atoms with E-state index in [1.54, 1.807) is 0 Å². The van der Waals surface area contributed by atoms with Gasteiger partial charge in [-0.1, -0.05) is 26.0 Å². The molecule has 0 spiro atoms. The molecule has 0 fully saturated rings. The molecular weight excluding hydrogens is 212 g/mol. The van der Waals surface area contributed by atoms with Crippen LogP contribution in [0.5, 0.6) is 0 Å². The maximum Gasteiger partial charge on any atom is 0.106 e. The molecule has 1 aromatic carbocycles. The standard InChI is InChI=1S/C14H20N2O/c1-10(2)14(4,17)9-16-11(3)15-12-7-5-6-8-13(12)16/h5-8,10,17H,9H2,1-4H3. The SMILES string of the molecule is Cc1nc2ccccc2n1CC(C)(O)C(C)C. The van der Waals surface area contributed by atoms with Crippen LogP contribution >= 0.6 is 0 Å². The molecule has 0 bridgehead atoms. The molecule has 0 saturated carbocycles. The third-order valence-corrected chi connectivity index (χ3v) is 3.57. The lowest BCUT2D eigenvalue weighted by molar-refractivity contribution is -0.00223. The molecular formula is C14H20N2O. The van der Waals surface area contributed by atoms with Crippen molar-refractivity contribution in [2.45, 2.75) is 39.8 Å². The van der Waals surface area contributed by atoms with Gasteiger partial charge in [0, 0.05) is 0 Å². The number of aryl methyl sites for hydroxylation is 1. The predicted octanol–water partition coefficient (Wildman–Crippen LogP) is 2.75. The summed E-state index contributed by atoms with van der Waals surface area (Å²) >= 11 is 0. The molecule has 1 atom stereocenters. The Kier molecular flexibility index (Phi) is 2.96. The number of aromatic nitrogens is 2. The minimum absolute atomic E-state index is 0.211. The third-order valence-electron chi connectivity index (χ3n) is 3.57. The van der Waals surface area contributed by atoms with E-state index in [1.165, 1.54) is 0 Å². The molecule has 2 aromatic rings. The lowest BCUT2D eigenvalue weighted by Crippen LogP contribution is -2.36. The number of benzene rings is 1. The summed E-state index contributed by atoms with van der Waals surface area (Å²) in [4.78, 5) is 4.51. The molecule has 1 N–H and O–H groups in total. The summed E-state index contributed by atoms with van der Waals surface area (Å²) in [6.07, 6.45) is 0. The molecule has 92 valence electrons. The summed E-state index contributed by atoms with van der Waals surface area (Å²) in [5.41, 5.74) is 1.37. The van der Waals surface area contributed by atoms with Crippen molar-refractivity contribution in [3.05, 3.63) is 30.1 Å². The van der Waals surface area contributed by atoms with Gasteiger partial charge in [-0.25, -0.2) is 4.98 Å². The van der Waals surface area contributed by atoms with Crippen LogP contribution in [0.15, 0.2) is 24.3 Å². The van der Waals surface area contributed by atoms with Gasteiger partial charge in [0.1, 0.15) is 5.82 Å². The largest absolute Gasteiger partial charge is 0.388 e. The number of hydrogen-bond donors (Lipinski definition) is 1. The summed E-state index contributed by atoms with van der Waals surface area (Å²) in [6.45, 7) is 8.52. The average Bonchev–Trinajstić information content (AvgIpc) is 2.55. The van der Waals surface area contributed by atoms with Crippen molar-refractivity contribution >= 4 is 11.0 Å². The first-order valence-corrected chi connectivity index (χ1v) is 6.06. The van der Waals surface area contributed by atoms with Crippen molar-refractivity contribution in [2.24, 2.45) is 5.92 Å². The number of nitrogens with zero attached hydrogens (tertiary/aromatic N) is 2. The molecule has 0 aliphatic carbocycles. The predicted molar refractivity (Wildman–Crippen MR) is 69.9 cm³/mol. The van der Waals surface area contributed by atoms with Gasteiger partial charge in [0.2, 0.25) is 0 Å². The molecule has 3 nitrogen and oxygen atoms in total. The third kappa shape index (κ3) is 2.20. The molecule has 0 saturated heterocycles. The molecule has 1 aromatic heterocycles. The number of hydrogen-bond acceptors (Lipinski definition) is 2. The molecule has 17 heavy (non-hydrogen) atoms. The van der Waals surface area contributed by atoms with Crippen LogP contribution in [0.25, 0.3) is 11.0 Å². The van der Waals surface area contributed by atoms with Crippen LogP contribution in [-0.2, 0) is 6.54 Å². The molecule has 2 rings (SSSR count). The first kappa shape index (κ1) is 12.1. The molecule has 0 radical (unpaired) electrons. The van der Waals surface area contributed by atoms with Crippen LogP contribution in [0.2, 0.25) is 0 Å². The number of rotatable bonds is 3. The summed E-state index contributed by atoms with van der Waals surface area (Å²) < 4.78 is 2.09. The number of imidazole rings is 1. The Hall–Kier alpha value is -1.35. The minimum Gasteiger partial charge on any atom is -0.388 e. The van der Waals surface area contributed by atoms with Crippen LogP contribution in [-0.4, -0.2) is 20.3 Å². The van der Waals surface area contributed by atoms with Gasteiger partial charge in [-0.15, -0.1) is 0 Å². The lowest BCUT2D eigenvalue weighted by Gasteiger charge is -2.28. The van der Waals surface area contributed by atoms with Gasteiger partial charge >= 0.3 is 0 Å². The number of fused-ring (bicyclic) bond motifs is 1. The summed E-state index contributed by atoms with van der Waals surface area (Å²) in [7, 11) is 0. The van der Waals surface area contributed by atoms with Gasteiger partial charge in [-0.05, 0) is 31.9 Å². The Morgan fingerprint density at radius 3 is 2.65 bits per heavy atom. The lowest BCUT2D eigenvalue weighted by atomic mass is 9.92. The van der Waals surface area contributed by atoms with Crippen molar-refractivity contribution in [1.29, 1.82) is 0 Å².